The molecule has 0 spiro atoms. The van der Waals surface area contributed by atoms with E-state index in [1.54, 1.807) is 0 Å². The van der Waals surface area contributed by atoms with E-state index >= 15 is 0 Å². The number of hydrogen-bond acceptors (Lipinski definition) is 2. The van der Waals surface area contributed by atoms with Crippen molar-refractivity contribution in [3.05, 3.63) is 17.5 Å². The van der Waals surface area contributed by atoms with Crippen molar-refractivity contribution >= 4 is 0 Å². The van der Waals surface area contributed by atoms with Gasteiger partial charge in [-0.3, -0.25) is 4.68 Å². The lowest BCUT2D eigenvalue weighted by molar-refractivity contribution is 0.203. The molecule has 1 aromatic heterocycles. The van der Waals surface area contributed by atoms with Crippen molar-refractivity contribution in [1.82, 2.24) is 15.1 Å². The van der Waals surface area contributed by atoms with E-state index in [1.165, 1.54) is 37.1 Å². The average Bonchev–Trinajstić information content (AvgIpc) is 2.87. The van der Waals surface area contributed by atoms with Crippen LogP contribution in [0, 0.1) is 11.8 Å². The van der Waals surface area contributed by atoms with E-state index in [4.69, 9.17) is 0 Å². The summed E-state index contributed by atoms with van der Waals surface area (Å²) in [6, 6.07) is 2.96. The first-order valence-electron chi connectivity index (χ1n) is 8.44. The summed E-state index contributed by atoms with van der Waals surface area (Å²) in [5, 5.41) is 8.46. The average molecular weight is 277 g/mol. The monoisotopic (exact) mass is 277 g/mol. The molecule has 2 rings (SSSR count). The van der Waals surface area contributed by atoms with Crippen LogP contribution in [-0.2, 0) is 19.5 Å². The van der Waals surface area contributed by atoms with Crippen molar-refractivity contribution in [1.29, 1.82) is 0 Å². The van der Waals surface area contributed by atoms with Crippen LogP contribution in [0.25, 0.3) is 0 Å². The third-order valence-corrected chi connectivity index (χ3v) is 4.80. The normalized spacial score (nSPS) is 23.4. The second-order valence-corrected chi connectivity index (χ2v) is 6.48. The summed E-state index contributed by atoms with van der Waals surface area (Å²) in [5.74, 6) is 1.63. The zero-order valence-corrected chi connectivity index (χ0v) is 13.7. The van der Waals surface area contributed by atoms with Gasteiger partial charge in [-0.25, -0.2) is 0 Å². The van der Waals surface area contributed by atoms with Crippen LogP contribution in [0.15, 0.2) is 6.07 Å². The van der Waals surface area contributed by atoms with Crippen LogP contribution in [0.4, 0.5) is 0 Å². The molecule has 1 saturated carbocycles. The van der Waals surface area contributed by atoms with Crippen molar-refractivity contribution in [3.8, 4) is 0 Å². The molecule has 114 valence electrons. The smallest absolute Gasteiger partial charge is 0.0625 e. The molecule has 20 heavy (non-hydrogen) atoms. The number of nitrogens with zero attached hydrogens (tertiary/aromatic N) is 2. The molecule has 0 amide bonds. The Morgan fingerprint density at radius 3 is 2.70 bits per heavy atom. The topological polar surface area (TPSA) is 29.9 Å². The Morgan fingerprint density at radius 2 is 2.05 bits per heavy atom. The van der Waals surface area contributed by atoms with Gasteiger partial charge in [0.15, 0.2) is 0 Å². The number of hydrogen-bond donors (Lipinski definition) is 1. The zero-order chi connectivity index (χ0) is 14.5. The van der Waals surface area contributed by atoms with Gasteiger partial charge < -0.3 is 5.32 Å². The maximum atomic E-state index is 4.64. The lowest BCUT2D eigenvalue weighted by Gasteiger charge is -2.35. The van der Waals surface area contributed by atoms with Gasteiger partial charge in [0.1, 0.15) is 0 Å². The van der Waals surface area contributed by atoms with Crippen LogP contribution < -0.4 is 5.32 Å². The maximum absolute atomic E-state index is 4.64. The summed E-state index contributed by atoms with van der Waals surface area (Å²) in [6.07, 6.45) is 6.55. The zero-order valence-electron chi connectivity index (χ0n) is 13.7. The first-order valence-corrected chi connectivity index (χ1v) is 8.44. The molecule has 3 nitrogen and oxygen atoms in total. The Hall–Kier alpha value is -0.830. The predicted octanol–water partition coefficient (Wildman–Crippen LogP) is 3.77. The van der Waals surface area contributed by atoms with Gasteiger partial charge in [0.05, 0.1) is 11.4 Å². The van der Waals surface area contributed by atoms with E-state index in [9.17, 15) is 0 Å². The van der Waals surface area contributed by atoms with E-state index in [-0.39, 0.29) is 0 Å². The van der Waals surface area contributed by atoms with Crippen LogP contribution >= 0.6 is 0 Å². The first kappa shape index (κ1) is 15.6. The largest absolute Gasteiger partial charge is 0.308 e. The van der Waals surface area contributed by atoms with Crippen molar-refractivity contribution in [2.45, 2.75) is 78.9 Å². The van der Waals surface area contributed by atoms with Crippen LogP contribution in [-0.4, -0.2) is 15.8 Å². The van der Waals surface area contributed by atoms with Gasteiger partial charge in [0.2, 0.25) is 0 Å². The predicted molar refractivity (Wildman–Crippen MR) is 84.7 cm³/mol. The lowest BCUT2D eigenvalue weighted by atomic mass is 9.78. The van der Waals surface area contributed by atoms with Gasteiger partial charge in [-0.15, -0.1) is 0 Å². The highest BCUT2D eigenvalue weighted by Gasteiger charge is 2.27. The quantitative estimate of drug-likeness (QED) is 0.858. The molecule has 3 heteroatoms. The SMILES string of the molecule is CCc1cc(CNC2CCCCC2C(C)C)n(CC)n1. The third kappa shape index (κ3) is 3.63. The Morgan fingerprint density at radius 1 is 1.30 bits per heavy atom. The van der Waals surface area contributed by atoms with Crippen LogP contribution in [0.5, 0.6) is 0 Å². The highest BCUT2D eigenvalue weighted by Crippen LogP contribution is 2.30. The first-order chi connectivity index (χ1) is 9.65. The van der Waals surface area contributed by atoms with Crippen molar-refractivity contribution in [3.63, 3.8) is 0 Å². The summed E-state index contributed by atoms with van der Waals surface area (Å²) in [7, 11) is 0. The van der Waals surface area contributed by atoms with Gasteiger partial charge in [0.25, 0.3) is 0 Å². The lowest BCUT2D eigenvalue weighted by Crippen LogP contribution is -2.40. The molecule has 0 aromatic carbocycles. The number of rotatable bonds is 6. The Kier molecular flexibility index (Phi) is 5.64. The van der Waals surface area contributed by atoms with Crippen LogP contribution in [0.1, 0.15) is 64.8 Å². The van der Waals surface area contributed by atoms with Gasteiger partial charge >= 0.3 is 0 Å². The fraction of sp³-hybridized carbons (Fsp3) is 0.824. The molecule has 1 fully saturated rings. The molecule has 1 aliphatic carbocycles. The summed E-state index contributed by atoms with van der Waals surface area (Å²) in [4.78, 5) is 0. The third-order valence-electron chi connectivity index (χ3n) is 4.80. The molecule has 1 aromatic rings. The summed E-state index contributed by atoms with van der Waals surface area (Å²) in [6.45, 7) is 11.0. The van der Waals surface area contributed by atoms with Crippen molar-refractivity contribution in [2.24, 2.45) is 11.8 Å². The molecule has 0 aliphatic heterocycles. The molecule has 2 atom stereocenters. The van der Waals surface area contributed by atoms with E-state index in [1.807, 2.05) is 0 Å². The summed E-state index contributed by atoms with van der Waals surface area (Å²) in [5.41, 5.74) is 2.56. The van der Waals surface area contributed by atoms with Gasteiger partial charge in [-0.2, -0.15) is 5.10 Å². The standard InChI is InChI=1S/C17H31N3/c1-5-14-11-15(20(6-2)19-14)12-18-17-10-8-7-9-16(17)13(3)4/h11,13,16-18H,5-10,12H2,1-4H3. The molecule has 1 heterocycles. The van der Waals surface area contributed by atoms with E-state index in [0.29, 0.717) is 6.04 Å². The minimum absolute atomic E-state index is 0.689. The van der Waals surface area contributed by atoms with Crippen LogP contribution in [0.2, 0.25) is 0 Å². The van der Waals surface area contributed by atoms with Crippen molar-refractivity contribution in [2.75, 3.05) is 0 Å². The Bertz CT molecular complexity index is 408. The maximum Gasteiger partial charge on any atom is 0.0625 e. The number of aryl methyl sites for hydroxylation is 2. The van der Waals surface area contributed by atoms with E-state index in [0.717, 1.165) is 31.3 Å². The molecule has 0 bridgehead atoms. The fourth-order valence-electron chi connectivity index (χ4n) is 3.55. The summed E-state index contributed by atoms with van der Waals surface area (Å²) >= 11 is 0. The van der Waals surface area contributed by atoms with E-state index < -0.39 is 0 Å². The number of aromatic nitrogens is 2. The summed E-state index contributed by atoms with van der Waals surface area (Å²) < 4.78 is 2.15. The highest BCUT2D eigenvalue weighted by atomic mass is 15.3. The second kappa shape index (κ2) is 7.26. The highest BCUT2D eigenvalue weighted by molar-refractivity contribution is 5.10. The van der Waals surface area contributed by atoms with Gasteiger partial charge in [-0.05, 0) is 44.1 Å². The van der Waals surface area contributed by atoms with Gasteiger partial charge in [-0.1, -0.05) is 33.6 Å². The van der Waals surface area contributed by atoms with Crippen molar-refractivity contribution < 1.29 is 0 Å². The Balaban J connectivity index is 1.98. The van der Waals surface area contributed by atoms with E-state index in [2.05, 4.69) is 48.9 Å². The molecule has 1 N–H and O–H groups in total. The minimum atomic E-state index is 0.689. The number of nitrogens with one attached hydrogen (secondary N) is 1. The minimum Gasteiger partial charge on any atom is -0.308 e. The molecule has 1 aliphatic rings. The van der Waals surface area contributed by atoms with Gasteiger partial charge in [0, 0.05) is 19.1 Å². The molecule has 0 radical (unpaired) electrons. The molecule has 0 saturated heterocycles. The Labute approximate surface area is 124 Å². The molecular formula is C17H31N3. The molecule has 2 unspecified atom stereocenters. The second-order valence-electron chi connectivity index (χ2n) is 6.48. The van der Waals surface area contributed by atoms with Crippen LogP contribution in [0.3, 0.4) is 0 Å². The molecular weight excluding hydrogens is 246 g/mol. The fourth-order valence-corrected chi connectivity index (χ4v) is 3.55.